The van der Waals surface area contributed by atoms with E-state index in [1.165, 1.54) is 63.9 Å². The average Bonchev–Trinajstić information content (AvgIpc) is 2.51. The van der Waals surface area contributed by atoms with Crippen LogP contribution in [0.4, 0.5) is 4.39 Å². The zero-order chi connectivity index (χ0) is 14.9. The van der Waals surface area contributed by atoms with Crippen LogP contribution in [-0.4, -0.2) is 31.1 Å². The highest BCUT2D eigenvalue weighted by molar-refractivity contribution is 5.85. The third-order valence-corrected chi connectivity index (χ3v) is 4.39. The molecule has 1 aliphatic heterocycles. The molecule has 0 N–H and O–H groups in total. The average molecular weight is 330 g/mol. The summed E-state index contributed by atoms with van der Waals surface area (Å²) in [6.07, 6.45) is 7.69. The van der Waals surface area contributed by atoms with Gasteiger partial charge >= 0.3 is 0 Å². The molecule has 22 heavy (non-hydrogen) atoms. The Kier molecular flexibility index (Phi) is 9.49. The maximum Gasteiger partial charge on any atom is 0.123 e. The summed E-state index contributed by atoms with van der Waals surface area (Å²) in [6.45, 7) is 6.75. The third-order valence-electron chi connectivity index (χ3n) is 4.39. The SMILES string of the molecule is CCCCCN1CCC(CCOc2ccc(F)cc2)CC1.Cl. The number of piperidine rings is 1. The fraction of sp³-hybridized carbons (Fsp3) is 0.667. The van der Waals surface area contributed by atoms with Gasteiger partial charge < -0.3 is 9.64 Å². The van der Waals surface area contributed by atoms with Gasteiger partial charge in [0.2, 0.25) is 0 Å². The van der Waals surface area contributed by atoms with Crippen LogP contribution in [0.5, 0.6) is 5.75 Å². The molecule has 1 saturated heterocycles. The number of rotatable bonds is 8. The molecule has 2 nitrogen and oxygen atoms in total. The number of hydrogen-bond donors (Lipinski definition) is 0. The van der Waals surface area contributed by atoms with E-state index in [2.05, 4.69) is 11.8 Å². The summed E-state index contributed by atoms with van der Waals surface area (Å²) < 4.78 is 18.5. The summed E-state index contributed by atoms with van der Waals surface area (Å²) in [7, 11) is 0. The number of hydrogen-bond acceptors (Lipinski definition) is 2. The third kappa shape index (κ3) is 6.97. The van der Waals surface area contributed by atoms with Crippen LogP contribution in [0.2, 0.25) is 0 Å². The molecule has 1 heterocycles. The van der Waals surface area contributed by atoms with Gasteiger partial charge in [0.1, 0.15) is 11.6 Å². The Bertz CT molecular complexity index is 391. The predicted octanol–water partition coefficient (Wildman–Crippen LogP) is 4.92. The molecule has 0 saturated carbocycles. The fourth-order valence-electron chi connectivity index (χ4n) is 2.96. The van der Waals surface area contributed by atoms with E-state index in [-0.39, 0.29) is 18.2 Å². The van der Waals surface area contributed by atoms with Crippen molar-refractivity contribution >= 4 is 12.4 Å². The molecular formula is C18H29ClFNO. The topological polar surface area (TPSA) is 12.5 Å². The van der Waals surface area contributed by atoms with Crippen molar-refractivity contribution in [2.24, 2.45) is 5.92 Å². The fourth-order valence-corrected chi connectivity index (χ4v) is 2.96. The van der Waals surface area contributed by atoms with E-state index < -0.39 is 0 Å². The Hall–Kier alpha value is -0.800. The summed E-state index contributed by atoms with van der Waals surface area (Å²) in [4.78, 5) is 2.60. The molecule has 126 valence electrons. The van der Waals surface area contributed by atoms with E-state index in [4.69, 9.17) is 4.74 Å². The zero-order valence-corrected chi connectivity index (χ0v) is 14.4. The Morgan fingerprint density at radius 3 is 2.45 bits per heavy atom. The van der Waals surface area contributed by atoms with Crippen LogP contribution < -0.4 is 4.74 Å². The largest absolute Gasteiger partial charge is 0.494 e. The lowest BCUT2D eigenvalue weighted by Gasteiger charge is -2.31. The standard InChI is InChI=1S/C18H28FNO.ClH/c1-2-3-4-12-20-13-9-16(10-14-20)11-15-21-18-7-5-17(19)6-8-18;/h5-8,16H,2-4,9-15H2,1H3;1H. The van der Waals surface area contributed by atoms with Gasteiger partial charge in [-0.25, -0.2) is 4.39 Å². The molecule has 0 atom stereocenters. The number of likely N-dealkylation sites (tertiary alicyclic amines) is 1. The van der Waals surface area contributed by atoms with Crippen LogP contribution in [0.15, 0.2) is 24.3 Å². The van der Waals surface area contributed by atoms with Gasteiger partial charge in [-0.2, -0.15) is 0 Å². The van der Waals surface area contributed by atoms with Crippen molar-refractivity contribution in [2.75, 3.05) is 26.2 Å². The van der Waals surface area contributed by atoms with Crippen molar-refractivity contribution in [3.05, 3.63) is 30.1 Å². The van der Waals surface area contributed by atoms with E-state index in [0.29, 0.717) is 0 Å². The van der Waals surface area contributed by atoms with Gasteiger partial charge in [0.25, 0.3) is 0 Å². The van der Waals surface area contributed by atoms with Gasteiger partial charge in [0, 0.05) is 0 Å². The summed E-state index contributed by atoms with van der Waals surface area (Å²) >= 11 is 0. The Labute approximate surface area is 140 Å². The smallest absolute Gasteiger partial charge is 0.123 e. The van der Waals surface area contributed by atoms with Crippen LogP contribution in [0.1, 0.15) is 45.4 Å². The highest BCUT2D eigenvalue weighted by Gasteiger charge is 2.18. The molecule has 0 amide bonds. The molecule has 0 aliphatic carbocycles. The lowest BCUT2D eigenvalue weighted by Crippen LogP contribution is -2.34. The van der Waals surface area contributed by atoms with Gasteiger partial charge in [0.15, 0.2) is 0 Å². The summed E-state index contributed by atoms with van der Waals surface area (Å²) in [5.74, 6) is 1.35. The second-order valence-corrected chi connectivity index (χ2v) is 6.08. The monoisotopic (exact) mass is 329 g/mol. The van der Waals surface area contributed by atoms with E-state index in [0.717, 1.165) is 24.7 Å². The van der Waals surface area contributed by atoms with Crippen molar-refractivity contribution in [3.8, 4) is 5.75 Å². The first kappa shape index (κ1) is 19.2. The first-order valence-electron chi connectivity index (χ1n) is 8.38. The van der Waals surface area contributed by atoms with Crippen LogP contribution >= 0.6 is 12.4 Å². The highest BCUT2D eigenvalue weighted by atomic mass is 35.5. The van der Waals surface area contributed by atoms with Crippen molar-refractivity contribution in [3.63, 3.8) is 0 Å². The molecule has 1 aromatic rings. The zero-order valence-electron chi connectivity index (χ0n) is 13.6. The lowest BCUT2D eigenvalue weighted by molar-refractivity contribution is 0.161. The van der Waals surface area contributed by atoms with E-state index in [1.807, 2.05) is 0 Å². The number of benzene rings is 1. The molecule has 1 fully saturated rings. The van der Waals surface area contributed by atoms with Crippen LogP contribution in [0.25, 0.3) is 0 Å². The Balaban J connectivity index is 0.00000242. The summed E-state index contributed by atoms with van der Waals surface area (Å²) in [6, 6.07) is 6.30. The van der Waals surface area contributed by atoms with Crippen LogP contribution in [-0.2, 0) is 0 Å². The molecule has 2 rings (SSSR count). The predicted molar refractivity (Wildman–Crippen MR) is 92.4 cm³/mol. The lowest BCUT2D eigenvalue weighted by atomic mass is 9.94. The van der Waals surface area contributed by atoms with Crippen molar-refractivity contribution in [1.82, 2.24) is 4.90 Å². The normalized spacial score (nSPS) is 16.3. The molecule has 0 bridgehead atoms. The van der Waals surface area contributed by atoms with Crippen molar-refractivity contribution in [2.45, 2.75) is 45.4 Å². The molecule has 4 heteroatoms. The molecular weight excluding hydrogens is 301 g/mol. The van der Waals surface area contributed by atoms with Crippen LogP contribution in [0, 0.1) is 11.7 Å². The maximum atomic E-state index is 12.8. The summed E-state index contributed by atoms with van der Waals surface area (Å²) in [5.41, 5.74) is 0. The minimum Gasteiger partial charge on any atom is -0.494 e. The minimum atomic E-state index is -0.210. The molecule has 0 radical (unpaired) electrons. The first-order valence-corrected chi connectivity index (χ1v) is 8.38. The quantitative estimate of drug-likeness (QED) is 0.628. The second-order valence-electron chi connectivity index (χ2n) is 6.08. The van der Waals surface area contributed by atoms with Gasteiger partial charge in [-0.1, -0.05) is 19.8 Å². The van der Waals surface area contributed by atoms with Gasteiger partial charge in [-0.15, -0.1) is 12.4 Å². The number of ether oxygens (including phenoxy) is 1. The maximum absolute atomic E-state index is 12.8. The number of unbranched alkanes of at least 4 members (excludes halogenated alkanes) is 2. The van der Waals surface area contributed by atoms with Crippen molar-refractivity contribution < 1.29 is 9.13 Å². The molecule has 0 unspecified atom stereocenters. The number of halogens is 2. The Morgan fingerprint density at radius 1 is 1.14 bits per heavy atom. The summed E-state index contributed by atoms with van der Waals surface area (Å²) in [5, 5.41) is 0. The Morgan fingerprint density at radius 2 is 1.82 bits per heavy atom. The van der Waals surface area contributed by atoms with E-state index in [9.17, 15) is 4.39 Å². The minimum absolute atomic E-state index is 0. The highest BCUT2D eigenvalue weighted by Crippen LogP contribution is 2.21. The van der Waals surface area contributed by atoms with Crippen LogP contribution in [0.3, 0.4) is 0 Å². The second kappa shape index (κ2) is 10.8. The van der Waals surface area contributed by atoms with Gasteiger partial charge in [-0.3, -0.25) is 0 Å². The van der Waals surface area contributed by atoms with E-state index in [1.54, 1.807) is 12.1 Å². The molecule has 1 aromatic carbocycles. The molecule has 0 spiro atoms. The van der Waals surface area contributed by atoms with Gasteiger partial charge in [-0.05, 0) is 75.5 Å². The molecule has 1 aliphatic rings. The van der Waals surface area contributed by atoms with E-state index >= 15 is 0 Å². The molecule has 0 aromatic heterocycles. The van der Waals surface area contributed by atoms with Gasteiger partial charge in [0.05, 0.1) is 6.61 Å². The van der Waals surface area contributed by atoms with Crippen molar-refractivity contribution in [1.29, 1.82) is 0 Å². The first-order chi connectivity index (χ1) is 10.3. The number of nitrogens with zero attached hydrogens (tertiary/aromatic N) is 1.